The average Bonchev–Trinajstić information content (AvgIpc) is 2.17. The zero-order valence-electron chi connectivity index (χ0n) is 9.90. The molecule has 0 saturated carbocycles. The fraction of sp³-hybridized carbons (Fsp3) is 0.583. The van der Waals surface area contributed by atoms with Gasteiger partial charge in [-0.2, -0.15) is 0 Å². The maximum atomic E-state index is 10.5. The summed E-state index contributed by atoms with van der Waals surface area (Å²) in [7, 11) is 1.60. The second-order valence-corrected chi connectivity index (χ2v) is 5.30. The summed E-state index contributed by atoms with van der Waals surface area (Å²) in [6.07, 6.45) is 4.05. The maximum absolute atomic E-state index is 10.5. The summed E-state index contributed by atoms with van der Waals surface area (Å²) < 4.78 is 6.01. The van der Waals surface area contributed by atoms with Crippen molar-refractivity contribution in [2.45, 2.75) is 25.9 Å². The highest BCUT2D eigenvalue weighted by molar-refractivity contribution is 9.10. The molecule has 0 radical (unpaired) electrons. The predicted octanol–water partition coefficient (Wildman–Crippen LogP) is 2.42. The molecule has 16 heavy (non-hydrogen) atoms. The predicted molar refractivity (Wildman–Crippen MR) is 67.3 cm³/mol. The van der Waals surface area contributed by atoms with Crippen LogP contribution in [0.25, 0.3) is 0 Å². The number of ether oxygens (including phenoxy) is 1. The molecule has 1 rings (SSSR count). The Balaban J connectivity index is 2.83. The molecule has 90 valence electrons. The first-order valence-corrected chi connectivity index (χ1v) is 6.08. The minimum Gasteiger partial charge on any atom is -0.387 e. The topological polar surface area (TPSA) is 42.4 Å². The van der Waals surface area contributed by atoms with Gasteiger partial charge in [0.2, 0.25) is 0 Å². The number of hydrogen-bond donors (Lipinski definition) is 1. The van der Waals surface area contributed by atoms with E-state index in [0.29, 0.717) is 13.0 Å². The van der Waals surface area contributed by atoms with Crippen molar-refractivity contribution in [1.29, 1.82) is 0 Å². The summed E-state index contributed by atoms with van der Waals surface area (Å²) in [6, 6.07) is 1.97. The van der Waals surface area contributed by atoms with Gasteiger partial charge in [-0.05, 0) is 33.5 Å². The number of pyridine rings is 1. The maximum Gasteiger partial charge on any atom is 0.0943 e. The molecule has 1 aromatic rings. The first kappa shape index (κ1) is 13.6. The Bertz CT molecular complexity index is 344. The van der Waals surface area contributed by atoms with Crippen molar-refractivity contribution >= 4 is 15.9 Å². The van der Waals surface area contributed by atoms with Gasteiger partial charge in [0.15, 0.2) is 0 Å². The molecule has 0 aromatic carbocycles. The van der Waals surface area contributed by atoms with E-state index in [0.717, 1.165) is 10.0 Å². The Morgan fingerprint density at radius 2 is 2.19 bits per heavy atom. The van der Waals surface area contributed by atoms with E-state index in [1.807, 2.05) is 19.9 Å². The second-order valence-electron chi connectivity index (χ2n) is 4.38. The molecule has 0 bridgehead atoms. The van der Waals surface area contributed by atoms with Crippen molar-refractivity contribution < 1.29 is 9.84 Å². The van der Waals surface area contributed by atoms with Crippen LogP contribution in [0.2, 0.25) is 0 Å². The molecule has 0 aliphatic rings. The molecule has 1 heterocycles. The minimum atomic E-state index is -0.836. The molecule has 0 aliphatic heterocycles. The fourth-order valence-corrected chi connectivity index (χ4v) is 1.99. The van der Waals surface area contributed by atoms with Crippen LogP contribution in [0.15, 0.2) is 22.9 Å². The van der Waals surface area contributed by atoms with Gasteiger partial charge in [0.25, 0.3) is 0 Å². The van der Waals surface area contributed by atoms with E-state index in [1.54, 1.807) is 19.5 Å². The zero-order valence-corrected chi connectivity index (χ0v) is 11.5. The van der Waals surface area contributed by atoms with Crippen molar-refractivity contribution in [2.75, 3.05) is 13.7 Å². The van der Waals surface area contributed by atoms with Gasteiger partial charge in [0, 0.05) is 30.4 Å². The van der Waals surface area contributed by atoms with Crippen molar-refractivity contribution in [1.82, 2.24) is 4.98 Å². The summed E-state index contributed by atoms with van der Waals surface area (Å²) in [5.74, 6) is 0.131. The van der Waals surface area contributed by atoms with Gasteiger partial charge in [0.1, 0.15) is 0 Å². The molecule has 4 heteroatoms. The highest BCUT2D eigenvalue weighted by atomic mass is 79.9. The van der Waals surface area contributed by atoms with Crippen LogP contribution < -0.4 is 0 Å². The number of rotatable bonds is 5. The molecule has 1 unspecified atom stereocenters. The summed E-state index contributed by atoms with van der Waals surface area (Å²) in [5.41, 5.74) is 0.166. The summed E-state index contributed by atoms with van der Waals surface area (Å²) in [5, 5.41) is 10.5. The third kappa shape index (κ3) is 3.54. The molecule has 0 saturated heterocycles. The first-order chi connectivity index (χ1) is 7.48. The fourth-order valence-electron chi connectivity index (χ4n) is 1.58. The molecule has 3 nitrogen and oxygen atoms in total. The lowest BCUT2D eigenvalue weighted by Gasteiger charge is -2.31. The summed E-state index contributed by atoms with van der Waals surface area (Å²) in [6.45, 7) is 4.31. The smallest absolute Gasteiger partial charge is 0.0943 e. The van der Waals surface area contributed by atoms with E-state index in [1.165, 1.54) is 0 Å². The molecule has 0 spiro atoms. The van der Waals surface area contributed by atoms with E-state index in [-0.39, 0.29) is 5.92 Å². The van der Waals surface area contributed by atoms with Crippen molar-refractivity contribution in [3.8, 4) is 0 Å². The lowest BCUT2D eigenvalue weighted by atomic mass is 9.85. The van der Waals surface area contributed by atoms with Gasteiger partial charge in [-0.15, -0.1) is 0 Å². The van der Waals surface area contributed by atoms with Crippen molar-refractivity contribution in [3.05, 3.63) is 28.5 Å². The van der Waals surface area contributed by atoms with E-state index in [9.17, 15) is 5.11 Å². The number of aromatic nitrogens is 1. The van der Waals surface area contributed by atoms with Crippen LogP contribution in [0.4, 0.5) is 0 Å². The van der Waals surface area contributed by atoms with Crippen LogP contribution in [-0.4, -0.2) is 29.4 Å². The first-order valence-electron chi connectivity index (χ1n) is 5.28. The van der Waals surface area contributed by atoms with Gasteiger partial charge >= 0.3 is 0 Å². The quantitative estimate of drug-likeness (QED) is 0.904. The van der Waals surface area contributed by atoms with Gasteiger partial charge in [-0.25, -0.2) is 0 Å². The van der Waals surface area contributed by atoms with E-state index in [4.69, 9.17) is 4.74 Å². The monoisotopic (exact) mass is 287 g/mol. The highest BCUT2D eigenvalue weighted by Gasteiger charge is 2.31. The molecule has 1 aromatic heterocycles. The number of aliphatic hydroxyl groups is 1. The number of methoxy groups -OCH3 is 1. The third-order valence-electron chi connectivity index (χ3n) is 2.74. The Labute approximate surface area is 105 Å². The average molecular weight is 288 g/mol. The molecular formula is C12H18BrNO2. The van der Waals surface area contributed by atoms with Crippen molar-refractivity contribution in [3.63, 3.8) is 0 Å². The van der Waals surface area contributed by atoms with Crippen LogP contribution in [0, 0.1) is 5.92 Å². The second kappa shape index (κ2) is 5.75. The lowest BCUT2D eigenvalue weighted by Crippen LogP contribution is -2.42. The van der Waals surface area contributed by atoms with Crippen LogP contribution in [-0.2, 0) is 11.2 Å². The molecule has 1 atom stereocenters. The Morgan fingerprint density at radius 1 is 1.50 bits per heavy atom. The molecule has 0 amide bonds. The van der Waals surface area contributed by atoms with Gasteiger partial charge in [-0.3, -0.25) is 4.98 Å². The molecular weight excluding hydrogens is 270 g/mol. The van der Waals surface area contributed by atoms with Crippen molar-refractivity contribution in [2.24, 2.45) is 5.92 Å². The Morgan fingerprint density at radius 3 is 2.69 bits per heavy atom. The van der Waals surface area contributed by atoms with E-state index >= 15 is 0 Å². The summed E-state index contributed by atoms with van der Waals surface area (Å²) in [4.78, 5) is 4.09. The summed E-state index contributed by atoms with van der Waals surface area (Å²) >= 11 is 3.37. The minimum absolute atomic E-state index is 0.131. The Hall–Kier alpha value is -0.450. The largest absolute Gasteiger partial charge is 0.387 e. The highest BCUT2D eigenvalue weighted by Crippen LogP contribution is 2.23. The number of hydrogen-bond acceptors (Lipinski definition) is 3. The molecule has 0 aliphatic carbocycles. The van der Waals surface area contributed by atoms with Gasteiger partial charge in [0.05, 0.1) is 12.2 Å². The van der Waals surface area contributed by atoms with E-state index < -0.39 is 5.60 Å². The van der Waals surface area contributed by atoms with Crippen LogP contribution in [0.3, 0.4) is 0 Å². The van der Waals surface area contributed by atoms with E-state index in [2.05, 4.69) is 20.9 Å². The normalized spacial score (nSPS) is 15.1. The standard InChI is InChI=1S/C12H18BrNO2/c1-9(2)12(15,8-16-3)5-10-4-11(13)7-14-6-10/h4,6-7,9,15H,5,8H2,1-3H3. The third-order valence-corrected chi connectivity index (χ3v) is 3.17. The zero-order chi connectivity index (χ0) is 12.2. The number of nitrogens with zero attached hydrogens (tertiary/aromatic N) is 1. The lowest BCUT2D eigenvalue weighted by molar-refractivity contribution is -0.0637. The van der Waals surface area contributed by atoms with Crippen LogP contribution in [0.5, 0.6) is 0 Å². The van der Waals surface area contributed by atoms with Crippen LogP contribution in [0.1, 0.15) is 19.4 Å². The molecule has 0 fully saturated rings. The SMILES string of the molecule is COCC(O)(Cc1cncc(Br)c1)C(C)C. The molecule has 1 N–H and O–H groups in total. The van der Waals surface area contributed by atoms with Gasteiger partial charge < -0.3 is 9.84 Å². The number of halogens is 1. The Kier molecular flexibility index (Phi) is 4.89. The van der Waals surface area contributed by atoms with Crippen LogP contribution >= 0.6 is 15.9 Å². The van der Waals surface area contributed by atoms with Gasteiger partial charge in [-0.1, -0.05) is 13.8 Å².